The van der Waals surface area contributed by atoms with Crippen molar-refractivity contribution in [3.63, 3.8) is 0 Å². The molecule has 2 rings (SSSR count). The maximum atomic E-state index is 12.8. The molecule has 0 radical (unpaired) electrons. The number of nitrogens with one attached hydrogen (secondary N) is 1. The van der Waals surface area contributed by atoms with E-state index in [2.05, 4.69) is 4.72 Å². The van der Waals surface area contributed by atoms with Gasteiger partial charge in [-0.25, -0.2) is 25.9 Å². The van der Waals surface area contributed by atoms with Gasteiger partial charge in [-0.15, -0.1) is 0 Å². The molecule has 2 atom stereocenters. The van der Waals surface area contributed by atoms with Crippen LogP contribution in [0.15, 0.2) is 34.1 Å². The zero-order chi connectivity index (χ0) is 18.0. The first kappa shape index (κ1) is 19.3. The molecule has 1 aliphatic rings. The minimum Gasteiger partial charge on any atom is -0.330 e. The summed E-state index contributed by atoms with van der Waals surface area (Å²) in [7, 11) is -5.08. The molecule has 1 aromatic rings. The van der Waals surface area contributed by atoms with Crippen LogP contribution in [-0.2, 0) is 20.0 Å². The molecule has 0 heterocycles. The largest absolute Gasteiger partial charge is 0.330 e. The minimum absolute atomic E-state index is 0.0751. The van der Waals surface area contributed by atoms with Crippen LogP contribution >= 0.6 is 0 Å². The summed E-state index contributed by atoms with van der Waals surface area (Å²) in [5.41, 5.74) is 5.75. The second kappa shape index (κ2) is 7.49. The number of hydrogen-bond donors (Lipinski definition) is 2. The van der Waals surface area contributed by atoms with E-state index in [-0.39, 0.29) is 21.8 Å². The number of rotatable bonds is 6. The van der Waals surface area contributed by atoms with Crippen LogP contribution in [0.4, 0.5) is 0 Å². The summed E-state index contributed by atoms with van der Waals surface area (Å²) in [5, 5.41) is 0. The van der Waals surface area contributed by atoms with Crippen molar-refractivity contribution in [2.24, 2.45) is 11.7 Å². The van der Waals surface area contributed by atoms with Gasteiger partial charge < -0.3 is 5.73 Å². The average molecular weight is 376 g/mol. The lowest BCUT2D eigenvalue weighted by Gasteiger charge is -2.31. The summed E-state index contributed by atoms with van der Waals surface area (Å²) >= 11 is 0. The number of sulfonamides is 2. The lowest BCUT2D eigenvalue weighted by Crippen LogP contribution is -2.45. The molecule has 7 nitrogen and oxygen atoms in total. The van der Waals surface area contributed by atoms with Crippen LogP contribution in [0.1, 0.15) is 25.7 Å². The van der Waals surface area contributed by atoms with Gasteiger partial charge in [0, 0.05) is 20.1 Å². The van der Waals surface area contributed by atoms with E-state index in [1.807, 2.05) is 0 Å². The Hall–Kier alpha value is -1.00. The summed E-state index contributed by atoms with van der Waals surface area (Å²) in [5.74, 6) is 0.0751. The van der Waals surface area contributed by atoms with Gasteiger partial charge >= 0.3 is 0 Å². The van der Waals surface area contributed by atoms with Crippen LogP contribution in [0.25, 0.3) is 0 Å². The van der Waals surface area contributed by atoms with Gasteiger partial charge in [-0.1, -0.05) is 25.0 Å². The zero-order valence-electron chi connectivity index (χ0n) is 14.0. The van der Waals surface area contributed by atoms with Gasteiger partial charge in [0.05, 0.1) is 0 Å². The fourth-order valence-corrected chi connectivity index (χ4v) is 6.03. The zero-order valence-corrected chi connectivity index (χ0v) is 15.6. The Balaban J connectivity index is 2.40. The standard InChI is InChI=1S/C15H25N3O4S2/c1-18(2)24(21,22)15-10-6-5-9-14(15)23(19,20)17-13-8-4-3-7-12(13)11-16/h5-6,9-10,12-13,17H,3-4,7-8,11,16H2,1-2H3. The van der Waals surface area contributed by atoms with Gasteiger partial charge in [0.25, 0.3) is 0 Å². The van der Waals surface area contributed by atoms with Gasteiger partial charge in [0.15, 0.2) is 0 Å². The second-order valence-corrected chi connectivity index (χ2v) is 10.0. The summed E-state index contributed by atoms with van der Waals surface area (Å²) in [6.07, 6.45) is 3.55. The van der Waals surface area contributed by atoms with Crippen LogP contribution in [-0.4, -0.2) is 47.8 Å². The molecule has 0 aliphatic heterocycles. The molecule has 0 bridgehead atoms. The first-order valence-corrected chi connectivity index (χ1v) is 10.9. The highest BCUT2D eigenvalue weighted by molar-refractivity contribution is 7.92. The van der Waals surface area contributed by atoms with Crippen molar-refractivity contribution < 1.29 is 16.8 Å². The van der Waals surface area contributed by atoms with E-state index in [1.54, 1.807) is 0 Å². The van der Waals surface area contributed by atoms with E-state index in [0.29, 0.717) is 13.0 Å². The Morgan fingerprint density at radius 3 is 2.25 bits per heavy atom. The van der Waals surface area contributed by atoms with E-state index in [9.17, 15) is 16.8 Å². The summed E-state index contributed by atoms with van der Waals surface area (Å²) < 4.78 is 54.2. The minimum atomic E-state index is -3.96. The van der Waals surface area contributed by atoms with Crippen LogP contribution in [0.5, 0.6) is 0 Å². The molecule has 0 aromatic heterocycles. The van der Waals surface area contributed by atoms with E-state index in [4.69, 9.17) is 5.73 Å². The van der Waals surface area contributed by atoms with E-state index >= 15 is 0 Å². The molecule has 1 fully saturated rings. The molecular weight excluding hydrogens is 350 g/mol. The van der Waals surface area contributed by atoms with Crippen LogP contribution in [0, 0.1) is 5.92 Å². The first-order chi connectivity index (χ1) is 11.2. The highest BCUT2D eigenvalue weighted by Crippen LogP contribution is 2.27. The maximum Gasteiger partial charge on any atom is 0.243 e. The maximum absolute atomic E-state index is 12.8. The van der Waals surface area contributed by atoms with Crippen LogP contribution in [0.2, 0.25) is 0 Å². The quantitative estimate of drug-likeness (QED) is 0.762. The topological polar surface area (TPSA) is 110 Å². The summed E-state index contributed by atoms with van der Waals surface area (Å²) in [4.78, 5) is -0.442. The van der Waals surface area contributed by atoms with Crippen molar-refractivity contribution in [3.05, 3.63) is 24.3 Å². The van der Waals surface area contributed by atoms with Crippen molar-refractivity contribution in [2.45, 2.75) is 41.5 Å². The van der Waals surface area contributed by atoms with Gasteiger partial charge in [-0.3, -0.25) is 0 Å². The Bertz CT molecular complexity index is 776. The fourth-order valence-electron chi connectivity index (χ4n) is 2.99. The van der Waals surface area contributed by atoms with Crippen molar-refractivity contribution in [1.29, 1.82) is 0 Å². The first-order valence-electron chi connectivity index (χ1n) is 7.94. The SMILES string of the molecule is CN(C)S(=O)(=O)c1ccccc1S(=O)(=O)NC1CCCCC1CN. The molecule has 24 heavy (non-hydrogen) atoms. The third kappa shape index (κ3) is 3.97. The average Bonchev–Trinajstić information content (AvgIpc) is 2.55. The monoisotopic (exact) mass is 375 g/mol. The van der Waals surface area contributed by atoms with Crippen molar-refractivity contribution in [1.82, 2.24) is 9.03 Å². The highest BCUT2D eigenvalue weighted by Gasteiger charge is 2.32. The molecule has 0 amide bonds. The lowest BCUT2D eigenvalue weighted by molar-refractivity contribution is 0.296. The Morgan fingerprint density at radius 1 is 1.08 bits per heavy atom. The van der Waals surface area contributed by atoms with Crippen molar-refractivity contribution in [2.75, 3.05) is 20.6 Å². The molecule has 1 aromatic carbocycles. The molecule has 2 unspecified atom stereocenters. The van der Waals surface area contributed by atoms with Gasteiger partial charge in [-0.05, 0) is 37.4 Å². The molecule has 3 N–H and O–H groups in total. The van der Waals surface area contributed by atoms with Gasteiger partial charge in [0.1, 0.15) is 9.79 Å². The van der Waals surface area contributed by atoms with Crippen LogP contribution < -0.4 is 10.5 Å². The molecule has 9 heteroatoms. The second-order valence-electron chi connectivity index (χ2n) is 6.24. The highest BCUT2D eigenvalue weighted by atomic mass is 32.2. The van der Waals surface area contributed by atoms with E-state index in [0.717, 1.165) is 23.6 Å². The summed E-state index contributed by atoms with van der Waals surface area (Å²) in [6.45, 7) is 0.408. The Labute approximate surface area is 144 Å². The Kier molecular flexibility index (Phi) is 6.03. The van der Waals surface area contributed by atoms with Gasteiger partial charge in [0.2, 0.25) is 20.0 Å². The smallest absolute Gasteiger partial charge is 0.243 e. The number of hydrogen-bond acceptors (Lipinski definition) is 5. The molecule has 1 saturated carbocycles. The predicted molar refractivity (Wildman–Crippen MR) is 92.4 cm³/mol. The van der Waals surface area contributed by atoms with E-state index < -0.39 is 20.0 Å². The molecule has 0 spiro atoms. The fraction of sp³-hybridized carbons (Fsp3) is 0.600. The van der Waals surface area contributed by atoms with Crippen molar-refractivity contribution >= 4 is 20.0 Å². The molecule has 136 valence electrons. The Morgan fingerprint density at radius 2 is 1.67 bits per heavy atom. The lowest BCUT2D eigenvalue weighted by atomic mass is 9.85. The third-order valence-electron chi connectivity index (χ3n) is 4.42. The third-order valence-corrected chi connectivity index (χ3v) is 7.97. The summed E-state index contributed by atoms with van der Waals surface area (Å²) in [6, 6.07) is 5.40. The molecule has 0 saturated heterocycles. The number of nitrogens with two attached hydrogens (primary N) is 1. The van der Waals surface area contributed by atoms with Crippen LogP contribution in [0.3, 0.4) is 0 Å². The molecular formula is C15H25N3O4S2. The van der Waals surface area contributed by atoms with Crippen molar-refractivity contribution in [3.8, 4) is 0 Å². The van der Waals surface area contributed by atoms with E-state index in [1.165, 1.54) is 38.4 Å². The normalized spacial score (nSPS) is 22.7. The number of nitrogens with zero attached hydrogens (tertiary/aromatic N) is 1. The van der Waals surface area contributed by atoms with Gasteiger partial charge in [-0.2, -0.15) is 0 Å². The predicted octanol–water partition coefficient (Wildman–Crippen LogP) is 0.733. The number of benzene rings is 1. The molecule has 1 aliphatic carbocycles.